The van der Waals surface area contributed by atoms with Crippen molar-refractivity contribution in [2.75, 3.05) is 5.32 Å². The van der Waals surface area contributed by atoms with E-state index in [1.165, 1.54) is 6.33 Å². The summed E-state index contributed by atoms with van der Waals surface area (Å²) in [4.78, 5) is 20.0. The number of rotatable bonds is 3. The minimum absolute atomic E-state index is 0.0334. The lowest BCUT2D eigenvalue weighted by atomic mass is 10.1. The zero-order valence-electron chi connectivity index (χ0n) is 11.1. The van der Waals surface area contributed by atoms with Crippen molar-refractivity contribution in [3.05, 3.63) is 65.0 Å². The third kappa shape index (κ3) is 2.25. The highest BCUT2D eigenvalue weighted by Gasteiger charge is 2.05. The summed E-state index contributed by atoms with van der Waals surface area (Å²) in [5.74, 6) is 0. The van der Waals surface area contributed by atoms with Gasteiger partial charge in [0, 0.05) is 30.4 Å². The molecule has 0 aliphatic carbocycles. The molecule has 5 heteroatoms. The molecule has 100 valence electrons. The number of hydrogen-bond donors (Lipinski definition) is 1. The molecule has 3 rings (SSSR count). The number of hydrogen-bond acceptors (Lipinski definition) is 4. The van der Waals surface area contributed by atoms with Crippen molar-refractivity contribution in [1.82, 2.24) is 14.5 Å². The molecule has 2 aromatic heterocycles. The molecule has 0 spiro atoms. The summed E-state index contributed by atoms with van der Waals surface area (Å²) >= 11 is 0. The molecule has 3 aromatic rings. The maximum Gasteiger partial charge on any atom is 0.252 e. The van der Waals surface area contributed by atoms with Crippen LogP contribution in [0.15, 0.2) is 53.7 Å². The minimum Gasteiger partial charge on any atom is -0.379 e. The largest absolute Gasteiger partial charge is 0.379 e. The fraction of sp³-hybridized carbons (Fsp3) is 0.133. The number of para-hydroxylation sites is 1. The molecular formula is C15H14N4O. The molecule has 0 unspecified atom stereocenters. The first-order chi connectivity index (χ1) is 9.75. The van der Waals surface area contributed by atoms with Gasteiger partial charge in [-0.05, 0) is 12.1 Å². The molecule has 2 heterocycles. The van der Waals surface area contributed by atoms with E-state index in [0.717, 1.165) is 22.3 Å². The smallest absolute Gasteiger partial charge is 0.252 e. The topological polar surface area (TPSA) is 59.8 Å². The van der Waals surface area contributed by atoms with Gasteiger partial charge in [-0.2, -0.15) is 0 Å². The van der Waals surface area contributed by atoms with Crippen molar-refractivity contribution >= 4 is 16.6 Å². The van der Waals surface area contributed by atoms with Gasteiger partial charge in [0.15, 0.2) is 0 Å². The van der Waals surface area contributed by atoms with E-state index in [9.17, 15) is 4.79 Å². The van der Waals surface area contributed by atoms with E-state index >= 15 is 0 Å². The van der Waals surface area contributed by atoms with E-state index in [1.807, 2.05) is 30.3 Å². The van der Waals surface area contributed by atoms with Crippen molar-refractivity contribution in [3.8, 4) is 0 Å². The number of aryl methyl sites for hydroxylation is 1. The van der Waals surface area contributed by atoms with Crippen LogP contribution in [0.4, 0.5) is 5.69 Å². The van der Waals surface area contributed by atoms with Crippen molar-refractivity contribution < 1.29 is 0 Å². The summed E-state index contributed by atoms with van der Waals surface area (Å²) < 4.78 is 1.64. The van der Waals surface area contributed by atoms with Crippen LogP contribution in [0.1, 0.15) is 5.69 Å². The van der Waals surface area contributed by atoms with Crippen LogP contribution in [0.3, 0.4) is 0 Å². The maximum absolute atomic E-state index is 12.0. The lowest BCUT2D eigenvalue weighted by Gasteiger charge is -2.11. The summed E-state index contributed by atoms with van der Waals surface area (Å²) in [6, 6.07) is 11.3. The molecular weight excluding hydrogens is 252 g/mol. The second kappa shape index (κ2) is 5.13. The zero-order chi connectivity index (χ0) is 13.9. The quantitative estimate of drug-likeness (QED) is 0.787. The number of fused-ring (bicyclic) bond motifs is 1. The number of pyridine rings is 1. The highest BCUT2D eigenvalue weighted by atomic mass is 16.1. The van der Waals surface area contributed by atoms with Crippen molar-refractivity contribution in [2.45, 2.75) is 6.54 Å². The molecule has 0 amide bonds. The van der Waals surface area contributed by atoms with E-state index in [4.69, 9.17) is 0 Å². The van der Waals surface area contributed by atoms with Gasteiger partial charge in [-0.1, -0.05) is 18.2 Å². The molecule has 0 saturated heterocycles. The summed E-state index contributed by atoms with van der Waals surface area (Å²) in [6.45, 7) is 0.555. The Morgan fingerprint density at radius 1 is 1.25 bits per heavy atom. The fourth-order valence-corrected chi connectivity index (χ4v) is 2.17. The first kappa shape index (κ1) is 12.3. The zero-order valence-corrected chi connectivity index (χ0v) is 11.1. The monoisotopic (exact) mass is 266 g/mol. The van der Waals surface area contributed by atoms with Gasteiger partial charge in [0.2, 0.25) is 0 Å². The molecule has 0 aliphatic rings. The highest BCUT2D eigenvalue weighted by molar-refractivity contribution is 5.91. The van der Waals surface area contributed by atoms with Gasteiger partial charge in [-0.15, -0.1) is 0 Å². The van der Waals surface area contributed by atoms with Crippen LogP contribution in [0.25, 0.3) is 10.9 Å². The van der Waals surface area contributed by atoms with Crippen LogP contribution in [0, 0.1) is 0 Å². The number of nitrogens with zero attached hydrogens (tertiary/aromatic N) is 3. The average molecular weight is 266 g/mol. The Kier molecular flexibility index (Phi) is 3.16. The molecule has 0 saturated carbocycles. The Morgan fingerprint density at radius 3 is 2.90 bits per heavy atom. The Labute approximate surface area is 115 Å². The van der Waals surface area contributed by atoms with Gasteiger partial charge in [0.05, 0.1) is 17.8 Å². The van der Waals surface area contributed by atoms with Crippen LogP contribution in [-0.4, -0.2) is 14.5 Å². The van der Waals surface area contributed by atoms with Gasteiger partial charge in [0.25, 0.3) is 5.56 Å². The van der Waals surface area contributed by atoms with Crippen LogP contribution in [0.2, 0.25) is 0 Å². The van der Waals surface area contributed by atoms with Crippen LogP contribution >= 0.6 is 0 Å². The Balaban J connectivity index is 2.00. The SMILES string of the molecule is Cn1c(=O)cc(NCc2ccncn2)c2ccccc21. The molecule has 0 fully saturated rings. The number of benzene rings is 1. The van der Waals surface area contributed by atoms with E-state index in [2.05, 4.69) is 15.3 Å². The van der Waals surface area contributed by atoms with Gasteiger partial charge in [-0.3, -0.25) is 4.79 Å². The first-order valence-corrected chi connectivity index (χ1v) is 6.33. The normalized spacial score (nSPS) is 10.7. The fourth-order valence-electron chi connectivity index (χ4n) is 2.17. The summed E-state index contributed by atoms with van der Waals surface area (Å²) in [5, 5.41) is 4.29. The predicted octanol–water partition coefficient (Wildman–Crippen LogP) is 1.94. The van der Waals surface area contributed by atoms with Crippen LogP contribution < -0.4 is 10.9 Å². The predicted molar refractivity (Wildman–Crippen MR) is 78.5 cm³/mol. The molecule has 0 atom stereocenters. The standard InChI is InChI=1S/C15H14N4O/c1-19-14-5-3-2-4-12(14)13(8-15(19)20)17-9-11-6-7-16-10-18-11/h2-8,10,17H,9H2,1H3. The Bertz CT molecular complexity index is 796. The van der Waals surface area contributed by atoms with Gasteiger partial charge < -0.3 is 9.88 Å². The van der Waals surface area contributed by atoms with Crippen molar-refractivity contribution in [3.63, 3.8) is 0 Å². The van der Waals surface area contributed by atoms with Crippen molar-refractivity contribution in [1.29, 1.82) is 0 Å². The third-order valence-electron chi connectivity index (χ3n) is 3.26. The molecule has 0 bridgehead atoms. The van der Waals surface area contributed by atoms with Gasteiger partial charge in [0.1, 0.15) is 6.33 Å². The number of aromatic nitrogens is 3. The second-order valence-electron chi connectivity index (χ2n) is 4.53. The summed E-state index contributed by atoms with van der Waals surface area (Å²) in [5.41, 5.74) is 2.58. The second-order valence-corrected chi connectivity index (χ2v) is 4.53. The average Bonchev–Trinajstić information content (AvgIpc) is 2.50. The van der Waals surface area contributed by atoms with Gasteiger partial charge in [-0.25, -0.2) is 9.97 Å². The lowest BCUT2D eigenvalue weighted by molar-refractivity contribution is 0.904. The Morgan fingerprint density at radius 2 is 2.10 bits per heavy atom. The van der Waals surface area contributed by atoms with Crippen molar-refractivity contribution in [2.24, 2.45) is 7.05 Å². The molecule has 5 nitrogen and oxygen atoms in total. The number of anilines is 1. The Hall–Kier alpha value is -2.69. The maximum atomic E-state index is 12.0. The molecule has 1 N–H and O–H groups in total. The van der Waals surface area contributed by atoms with Crippen LogP contribution in [0.5, 0.6) is 0 Å². The summed E-state index contributed by atoms with van der Waals surface area (Å²) in [6.07, 6.45) is 3.21. The summed E-state index contributed by atoms with van der Waals surface area (Å²) in [7, 11) is 1.78. The third-order valence-corrected chi connectivity index (χ3v) is 3.26. The van der Waals surface area contributed by atoms with E-state index in [1.54, 1.807) is 23.9 Å². The first-order valence-electron chi connectivity index (χ1n) is 6.33. The van der Waals surface area contributed by atoms with Gasteiger partial charge >= 0.3 is 0 Å². The highest BCUT2D eigenvalue weighted by Crippen LogP contribution is 2.21. The van der Waals surface area contributed by atoms with Crippen LogP contribution in [-0.2, 0) is 13.6 Å². The van der Waals surface area contributed by atoms with E-state index in [0.29, 0.717) is 6.54 Å². The van der Waals surface area contributed by atoms with E-state index in [-0.39, 0.29) is 5.56 Å². The van der Waals surface area contributed by atoms with E-state index < -0.39 is 0 Å². The molecule has 0 aliphatic heterocycles. The number of nitrogens with one attached hydrogen (secondary N) is 1. The lowest BCUT2D eigenvalue weighted by Crippen LogP contribution is -2.17. The molecule has 1 aromatic carbocycles. The molecule has 0 radical (unpaired) electrons. The minimum atomic E-state index is -0.0334. The molecule has 20 heavy (non-hydrogen) atoms.